The Morgan fingerprint density at radius 1 is 1.26 bits per heavy atom. The fraction of sp³-hybridized carbons (Fsp3) is 0.167. The van der Waals surface area contributed by atoms with Crippen molar-refractivity contribution in [1.29, 1.82) is 5.26 Å². The van der Waals surface area contributed by atoms with Gasteiger partial charge in [0.15, 0.2) is 11.5 Å². The van der Waals surface area contributed by atoms with E-state index in [2.05, 4.69) is 15.9 Å². The standard InChI is InChI=1S/C18H15BrClNO2/c1-2-22-17-11-13(6-4-8-21)10-16(19)18(17)23-12-14-5-3-7-15(20)9-14/h3-7,9-11H,2,12H2,1H3. The maximum atomic E-state index is 8.64. The van der Waals surface area contributed by atoms with Gasteiger partial charge in [0.05, 0.1) is 17.1 Å². The summed E-state index contributed by atoms with van der Waals surface area (Å²) in [6.07, 6.45) is 3.14. The van der Waals surface area contributed by atoms with Crippen molar-refractivity contribution in [2.45, 2.75) is 13.5 Å². The van der Waals surface area contributed by atoms with Crippen LogP contribution in [0.1, 0.15) is 18.1 Å². The first-order chi connectivity index (χ1) is 11.1. The third kappa shape index (κ3) is 5.02. The predicted molar refractivity (Wildman–Crippen MR) is 95.7 cm³/mol. The molecule has 0 N–H and O–H groups in total. The van der Waals surface area contributed by atoms with Crippen LogP contribution >= 0.6 is 27.5 Å². The number of hydrogen-bond donors (Lipinski definition) is 0. The monoisotopic (exact) mass is 391 g/mol. The minimum atomic E-state index is 0.382. The molecule has 0 radical (unpaired) electrons. The Morgan fingerprint density at radius 2 is 2.09 bits per heavy atom. The van der Waals surface area contributed by atoms with Gasteiger partial charge in [0.1, 0.15) is 6.61 Å². The molecule has 0 amide bonds. The van der Waals surface area contributed by atoms with Crippen LogP contribution in [-0.2, 0) is 6.61 Å². The van der Waals surface area contributed by atoms with Crippen LogP contribution in [0.25, 0.3) is 6.08 Å². The fourth-order valence-corrected chi connectivity index (χ4v) is 2.79. The van der Waals surface area contributed by atoms with E-state index in [1.165, 1.54) is 6.08 Å². The van der Waals surface area contributed by atoms with Crippen molar-refractivity contribution >= 4 is 33.6 Å². The molecule has 0 unspecified atom stereocenters. The lowest BCUT2D eigenvalue weighted by molar-refractivity contribution is 0.267. The van der Waals surface area contributed by atoms with E-state index in [1.54, 1.807) is 6.08 Å². The normalized spacial score (nSPS) is 10.5. The first-order valence-corrected chi connectivity index (χ1v) is 8.21. The molecule has 3 nitrogen and oxygen atoms in total. The molecule has 2 aromatic rings. The summed E-state index contributed by atoms with van der Waals surface area (Å²) in [6, 6.07) is 13.2. The smallest absolute Gasteiger partial charge is 0.175 e. The average molecular weight is 393 g/mol. The van der Waals surface area contributed by atoms with Gasteiger partial charge in [-0.1, -0.05) is 23.7 Å². The minimum Gasteiger partial charge on any atom is -0.490 e. The van der Waals surface area contributed by atoms with Crippen LogP contribution in [0.5, 0.6) is 11.5 Å². The molecule has 5 heteroatoms. The Balaban J connectivity index is 2.26. The lowest BCUT2D eigenvalue weighted by atomic mass is 10.2. The second kappa shape index (κ2) is 8.61. The molecule has 0 aromatic heterocycles. The second-order valence-electron chi connectivity index (χ2n) is 4.64. The Morgan fingerprint density at radius 3 is 2.78 bits per heavy atom. The number of ether oxygens (including phenoxy) is 2. The van der Waals surface area contributed by atoms with Crippen molar-refractivity contribution in [1.82, 2.24) is 0 Å². The summed E-state index contributed by atoms with van der Waals surface area (Å²) in [4.78, 5) is 0. The number of hydrogen-bond acceptors (Lipinski definition) is 3. The van der Waals surface area contributed by atoms with Crippen LogP contribution in [0.15, 0.2) is 46.9 Å². The number of allylic oxidation sites excluding steroid dienone is 1. The van der Waals surface area contributed by atoms with Crippen LogP contribution in [0.3, 0.4) is 0 Å². The van der Waals surface area contributed by atoms with Gasteiger partial charge in [-0.15, -0.1) is 0 Å². The maximum Gasteiger partial charge on any atom is 0.175 e. The number of rotatable bonds is 6. The summed E-state index contributed by atoms with van der Waals surface area (Å²) in [5.74, 6) is 1.25. The first-order valence-electron chi connectivity index (χ1n) is 7.03. The molecule has 0 aliphatic rings. The largest absolute Gasteiger partial charge is 0.490 e. The van der Waals surface area contributed by atoms with Crippen molar-refractivity contribution in [3.05, 3.63) is 63.1 Å². The van der Waals surface area contributed by atoms with Crippen LogP contribution in [0.2, 0.25) is 5.02 Å². The highest BCUT2D eigenvalue weighted by atomic mass is 79.9. The molecule has 0 fully saturated rings. The van der Waals surface area contributed by atoms with Gasteiger partial charge in [0.25, 0.3) is 0 Å². The van der Waals surface area contributed by atoms with E-state index in [0.717, 1.165) is 15.6 Å². The van der Waals surface area contributed by atoms with Gasteiger partial charge in [-0.25, -0.2) is 0 Å². The van der Waals surface area contributed by atoms with Crippen molar-refractivity contribution in [2.24, 2.45) is 0 Å². The molecule has 2 rings (SSSR count). The Hall–Kier alpha value is -1.96. The Kier molecular flexibility index (Phi) is 6.52. The second-order valence-corrected chi connectivity index (χ2v) is 5.93. The summed E-state index contributed by atoms with van der Waals surface area (Å²) in [5, 5.41) is 9.31. The topological polar surface area (TPSA) is 42.2 Å². The first kappa shape index (κ1) is 17.4. The number of nitrogens with zero attached hydrogens (tertiary/aromatic N) is 1. The number of benzene rings is 2. The van der Waals surface area contributed by atoms with E-state index in [1.807, 2.05) is 49.4 Å². The molecule has 118 valence electrons. The molecule has 0 aliphatic heterocycles. The van der Waals surface area contributed by atoms with E-state index < -0.39 is 0 Å². The third-order valence-electron chi connectivity index (χ3n) is 2.95. The quantitative estimate of drug-likeness (QED) is 0.599. The summed E-state index contributed by atoms with van der Waals surface area (Å²) >= 11 is 9.48. The summed E-state index contributed by atoms with van der Waals surface area (Å²) in [7, 11) is 0. The van der Waals surface area contributed by atoms with Gasteiger partial charge in [-0.2, -0.15) is 5.26 Å². The van der Waals surface area contributed by atoms with Crippen LogP contribution in [0.4, 0.5) is 0 Å². The number of nitriles is 1. The van der Waals surface area contributed by atoms with Gasteiger partial charge in [-0.05, 0) is 64.3 Å². The highest BCUT2D eigenvalue weighted by Gasteiger charge is 2.12. The molecule has 23 heavy (non-hydrogen) atoms. The van der Waals surface area contributed by atoms with E-state index in [9.17, 15) is 0 Å². The zero-order valence-electron chi connectivity index (χ0n) is 12.6. The Labute approximate surface area is 149 Å². The average Bonchev–Trinajstić information content (AvgIpc) is 2.52. The van der Waals surface area contributed by atoms with E-state index in [4.69, 9.17) is 26.3 Å². The Bertz CT molecular complexity index is 753. The van der Waals surface area contributed by atoms with Crippen molar-refractivity contribution in [3.63, 3.8) is 0 Å². The van der Waals surface area contributed by atoms with Gasteiger partial charge in [0, 0.05) is 11.1 Å². The highest BCUT2D eigenvalue weighted by Crippen LogP contribution is 2.37. The van der Waals surface area contributed by atoms with Crippen molar-refractivity contribution < 1.29 is 9.47 Å². The van der Waals surface area contributed by atoms with Crippen LogP contribution in [-0.4, -0.2) is 6.61 Å². The summed E-state index contributed by atoms with van der Waals surface area (Å²) < 4.78 is 12.3. The predicted octanol–water partition coefficient (Wildman–Crippen LogP) is 5.62. The molecular formula is C18H15BrClNO2. The zero-order chi connectivity index (χ0) is 16.7. The van der Waals surface area contributed by atoms with E-state index in [0.29, 0.717) is 29.7 Å². The summed E-state index contributed by atoms with van der Waals surface area (Å²) in [6.45, 7) is 2.81. The van der Waals surface area contributed by atoms with Crippen molar-refractivity contribution in [3.8, 4) is 17.6 Å². The molecule has 0 spiro atoms. The number of halogens is 2. The van der Waals surface area contributed by atoms with Gasteiger partial charge < -0.3 is 9.47 Å². The molecular weight excluding hydrogens is 378 g/mol. The molecule has 0 aliphatic carbocycles. The van der Waals surface area contributed by atoms with Gasteiger partial charge in [0.2, 0.25) is 0 Å². The van der Waals surface area contributed by atoms with Crippen molar-refractivity contribution in [2.75, 3.05) is 6.61 Å². The SMILES string of the molecule is CCOc1cc(C=CC#N)cc(Br)c1OCc1cccc(Cl)c1. The van der Waals surface area contributed by atoms with Crippen LogP contribution in [0, 0.1) is 11.3 Å². The third-order valence-corrected chi connectivity index (χ3v) is 3.78. The van der Waals surface area contributed by atoms with Gasteiger partial charge >= 0.3 is 0 Å². The van der Waals surface area contributed by atoms with Crippen LogP contribution < -0.4 is 9.47 Å². The minimum absolute atomic E-state index is 0.382. The molecule has 0 heterocycles. The fourth-order valence-electron chi connectivity index (χ4n) is 2.00. The summed E-state index contributed by atoms with van der Waals surface area (Å²) in [5.41, 5.74) is 1.83. The van der Waals surface area contributed by atoms with E-state index >= 15 is 0 Å². The van der Waals surface area contributed by atoms with E-state index in [-0.39, 0.29) is 0 Å². The molecule has 0 saturated carbocycles. The lowest BCUT2D eigenvalue weighted by Crippen LogP contribution is -2.01. The lowest BCUT2D eigenvalue weighted by Gasteiger charge is -2.15. The molecule has 0 atom stereocenters. The molecule has 0 saturated heterocycles. The maximum absolute atomic E-state index is 8.64. The molecule has 2 aromatic carbocycles. The molecule has 0 bridgehead atoms. The van der Waals surface area contributed by atoms with Gasteiger partial charge in [-0.3, -0.25) is 0 Å². The zero-order valence-corrected chi connectivity index (χ0v) is 14.9. The highest BCUT2D eigenvalue weighted by molar-refractivity contribution is 9.10.